The van der Waals surface area contributed by atoms with Gasteiger partial charge in [0, 0.05) is 19.0 Å². The Morgan fingerprint density at radius 3 is 3.00 bits per heavy atom. The second kappa shape index (κ2) is 7.04. The molecule has 20 heavy (non-hydrogen) atoms. The predicted molar refractivity (Wildman–Crippen MR) is 76.8 cm³/mol. The summed E-state index contributed by atoms with van der Waals surface area (Å²) < 4.78 is 21.9. The molecule has 6 heteroatoms. The van der Waals surface area contributed by atoms with Crippen molar-refractivity contribution >= 4 is 0 Å². The van der Waals surface area contributed by atoms with Gasteiger partial charge in [-0.25, -0.2) is 4.39 Å². The number of halogens is 1. The van der Waals surface area contributed by atoms with E-state index >= 15 is 0 Å². The first-order chi connectivity index (χ1) is 9.63. The number of hydrogen-bond donors (Lipinski definition) is 1. The van der Waals surface area contributed by atoms with Gasteiger partial charge in [0.25, 0.3) is 0 Å². The average molecular weight is 284 g/mol. The van der Waals surface area contributed by atoms with E-state index < -0.39 is 6.17 Å². The molecule has 0 spiro atoms. The van der Waals surface area contributed by atoms with E-state index in [1.54, 1.807) is 18.0 Å². The van der Waals surface area contributed by atoms with E-state index in [0.717, 1.165) is 32.5 Å². The lowest BCUT2D eigenvalue weighted by atomic mass is 9.92. The van der Waals surface area contributed by atoms with Crippen molar-refractivity contribution in [2.45, 2.75) is 25.6 Å². The van der Waals surface area contributed by atoms with Gasteiger partial charge in [-0.15, -0.1) is 0 Å². The number of piperidine rings is 1. The highest BCUT2D eigenvalue weighted by atomic mass is 19.1. The van der Waals surface area contributed by atoms with Gasteiger partial charge in [-0.1, -0.05) is 0 Å². The summed E-state index contributed by atoms with van der Waals surface area (Å²) in [4.78, 5) is 2.06. The Morgan fingerprint density at radius 1 is 1.60 bits per heavy atom. The summed E-state index contributed by atoms with van der Waals surface area (Å²) in [7, 11) is 5.57. The fourth-order valence-electron chi connectivity index (χ4n) is 2.64. The fourth-order valence-corrected chi connectivity index (χ4v) is 2.64. The Labute approximate surface area is 120 Å². The molecule has 1 aromatic heterocycles. The molecule has 1 aromatic rings. The molecular formula is C14H25FN4O. The van der Waals surface area contributed by atoms with Crippen molar-refractivity contribution in [2.75, 3.05) is 40.8 Å². The van der Waals surface area contributed by atoms with Gasteiger partial charge in [-0.05, 0) is 33.5 Å². The van der Waals surface area contributed by atoms with Gasteiger partial charge in [-0.2, -0.15) is 5.10 Å². The normalized spacial score (nSPS) is 21.1. The Balaban J connectivity index is 2.16. The standard InChI is InChI=1S/C14H25FN4O/c1-18(2)7-8-19-14(12(20-3)10-17-19)13(15)11-5-4-6-16-9-11/h10-11,13,16H,4-9H2,1-3H3. The SMILES string of the molecule is COc1cnn(CCN(C)C)c1C(F)C1CCCNC1. The third-order valence-corrected chi connectivity index (χ3v) is 3.83. The topological polar surface area (TPSA) is 42.3 Å². The number of aromatic nitrogens is 2. The van der Waals surface area contributed by atoms with Gasteiger partial charge in [0.15, 0.2) is 5.75 Å². The highest BCUT2D eigenvalue weighted by molar-refractivity contribution is 5.28. The Bertz CT molecular complexity index is 415. The largest absolute Gasteiger partial charge is 0.493 e. The number of ether oxygens (including phenoxy) is 1. The highest BCUT2D eigenvalue weighted by Crippen LogP contribution is 2.35. The quantitative estimate of drug-likeness (QED) is 0.859. The van der Waals surface area contributed by atoms with Crippen molar-refractivity contribution in [2.24, 2.45) is 5.92 Å². The van der Waals surface area contributed by atoms with Crippen LogP contribution >= 0.6 is 0 Å². The molecule has 1 aliphatic rings. The Kier molecular flexibility index (Phi) is 5.37. The van der Waals surface area contributed by atoms with E-state index in [2.05, 4.69) is 15.3 Å². The number of likely N-dealkylation sites (N-methyl/N-ethyl adjacent to an activating group) is 1. The zero-order valence-electron chi connectivity index (χ0n) is 12.6. The number of hydrogen-bond acceptors (Lipinski definition) is 4. The second-order valence-electron chi connectivity index (χ2n) is 5.63. The summed E-state index contributed by atoms with van der Waals surface area (Å²) in [5, 5.41) is 7.55. The van der Waals surface area contributed by atoms with Crippen LogP contribution in [-0.4, -0.2) is 55.5 Å². The van der Waals surface area contributed by atoms with Crippen molar-refractivity contribution in [3.05, 3.63) is 11.9 Å². The zero-order chi connectivity index (χ0) is 14.5. The average Bonchev–Trinajstić information content (AvgIpc) is 2.88. The summed E-state index contributed by atoms with van der Waals surface area (Å²) in [6, 6.07) is 0. The maximum Gasteiger partial charge on any atom is 0.162 e. The van der Waals surface area contributed by atoms with Crippen LogP contribution in [0.5, 0.6) is 5.75 Å². The molecule has 1 N–H and O–H groups in total. The summed E-state index contributed by atoms with van der Waals surface area (Å²) in [6.45, 7) is 3.21. The Morgan fingerprint density at radius 2 is 2.40 bits per heavy atom. The lowest BCUT2D eigenvalue weighted by Gasteiger charge is -2.26. The van der Waals surface area contributed by atoms with E-state index in [9.17, 15) is 4.39 Å². The summed E-state index contributed by atoms with van der Waals surface area (Å²) >= 11 is 0. The first-order valence-corrected chi connectivity index (χ1v) is 7.22. The molecule has 1 saturated heterocycles. The minimum absolute atomic E-state index is 0.00690. The molecule has 1 fully saturated rings. The predicted octanol–water partition coefficient (Wildman–Crippen LogP) is 1.46. The Hall–Kier alpha value is -1.14. The molecule has 114 valence electrons. The summed E-state index contributed by atoms with van der Waals surface area (Å²) in [5.74, 6) is 0.564. The molecular weight excluding hydrogens is 259 g/mol. The van der Waals surface area contributed by atoms with Crippen LogP contribution in [0.2, 0.25) is 0 Å². The smallest absolute Gasteiger partial charge is 0.162 e. The molecule has 2 rings (SSSR count). The second-order valence-corrected chi connectivity index (χ2v) is 5.63. The summed E-state index contributed by atoms with van der Waals surface area (Å²) in [6.07, 6.45) is 2.53. The van der Waals surface area contributed by atoms with Crippen LogP contribution in [0.15, 0.2) is 6.20 Å². The zero-order valence-corrected chi connectivity index (χ0v) is 12.6. The minimum Gasteiger partial charge on any atom is -0.493 e. The van der Waals surface area contributed by atoms with Crippen LogP contribution in [0.4, 0.5) is 4.39 Å². The van der Waals surface area contributed by atoms with E-state index in [0.29, 0.717) is 18.0 Å². The first-order valence-electron chi connectivity index (χ1n) is 7.22. The number of alkyl halides is 1. The maximum absolute atomic E-state index is 14.9. The van der Waals surface area contributed by atoms with Gasteiger partial charge in [0.2, 0.25) is 0 Å². The van der Waals surface area contributed by atoms with Crippen LogP contribution in [0.1, 0.15) is 24.7 Å². The lowest BCUT2D eigenvalue weighted by Crippen LogP contribution is -2.33. The minimum atomic E-state index is -1.03. The molecule has 0 saturated carbocycles. The van der Waals surface area contributed by atoms with Gasteiger partial charge in [-0.3, -0.25) is 4.68 Å². The van der Waals surface area contributed by atoms with Crippen LogP contribution in [0.25, 0.3) is 0 Å². The number of rotatable bonds is 6. The van der Waals surface area contributed by atoms with Crippen molar-refractivity contribution in [1.29, 1.82) is 0 Å². The van der Waals surface area contributed by atoms with E-state index in [-0.39, 0.29) is 5.92 Å². The third-order valence-electron chi connectivity index (χ3n) is 3.83. The number of nitrogens with zero attached hydrogens (tertiary/aromatic N) is 3. The van der Waals surface area contributed by atoms with E-state index in [1.165, 1.54) is 0 Å². The van der Waals surface area contributed by atoms with Crippen LogP contribution in [-0.2, 0) is 6.54 Å². The van der Waals surface area contributed by atoms with E-state index in [1.807, 2.05) is 14.1 Å². The maximum atomic E-state index is 14.9. The number of methoxy groups -OCH3 is 1. The molecule has 0 radical (unpaired) electrons. The van der Waals surface area contributed by atoms with Crippen molar-refractivity contribution in [3.8, 4) is 5.75 Å². The van der Waals surface area contributed by atoms with Crippen molar-refractivity contribution in [3.63, 3.8) is 0 Å². The van der Waals surface area contributed by atoms with Gasteiger partial charge < -0.3 is 15.0 Å². The summed E-state index contributed by atoms with van der Waals surface area (Å²) in [5.41, 5.74) is 0.586. The van der Waals surface area contributed by atoms with Crippen LogP contribution < -0.4 is 10.1 Å². The van der Waals surface area contributed by atoms with Gasteiger partial charge >= 0.3 is 0 Å². The molecule has 1 aliphatic heterocycles. The van der Waals surface area contributed by atoms with Crippen molar-refractivity contribution < 1.29 is 9.13 Å². The highest BCUT2D eigenvalue weighted by Gasteiger charge is 2.30. The number of nitrogens with one attached hydrogen (secondary N) is 1. The molecule has 2 heterocycles. The van der Waals surface area contributed by atoms with Crippen molar-refractivity contribution in [1.82, 2.24) is 20.0 Å². The fraction of sp³-hybridized carbons (Fsp3) is 0.786. The third kappa shape index (κ3) is 3.49. The molecule has 5 nitrogen and oxygen atoms in total. The molecule has 2 atom stereocenters. The molecule has 2 unspecified atom stereocenters. The first kappa shape index (κ1) is 15.3. The molecule has 0 bridgehead atoms. The molecule has 0 aromatic carbocycles. The van der Waals surface area contributed by atoms with Crippen LogP contribution in [0, 0.1) is 5.92 Å². The van der Waals surface area contributed by atoms with Gasteiger partial charge in [0.05, 0.1) is 19.9 Å². The monoisotopic (exact) mass is 284 g/mol. The van der Waals surface area contributed by atoms with Gasteiger partial charge in [0.1, 0.15) is 11.9 Å². The lowest BCUT2D eigenvalue weighted by molar-refractivity contribution is 0.177. The molecule has 0 aliphatic carbocycles. The molecule has 0 amide bonds. The van der Waals surface area contributed by atoms with Crippen LogP contribution in [0.3, 0.4) is 0 Å². The van der Waals surface area contributed by atoms with E-state index in [4.69, 9.17) is 4.74 Å².